The molecule has 4 heteroatoms. The molecule has 0 fully saturated rings. The minimum atomic E-state index is -0.526. The van der Waals surface area contributed by atoms with Crippen molar-refractivity contribution < 1.29 is 8.78 Å². The number of benzene rings is 2. The average molecular weight is 437 g/mol. The second-order valence-corrected chi connectivity index (χ2v) is 6.46. The van der Waals surface area contributed by atoms with Gasteiger partial charge in [0, 0.05) is 15.2 Å². The second kappa shape index (κ2) is 5.87. The third-order valence-corrected chi connectivity index (χ3v) is 5.51. The molecule has 0 aliphatic carbocycles. The zero-order chi connectivity index (χ0) is 14.2. The van der Waals surface area contributed by atoms with Gasteiger partial charge in [0.25, 0.3) is 0 Å². The van der Waals surface area contributed by atoms with E-state index in [0.717, 1.165) is 20.8 Å². The van der Waals surface area contributed by atoms with Crippen LogP contribution in [0.2, 0.25) is 0 Å². The van der Waals surface area contributed by atoms with Crippen LogP contribution in [0.1, 0.15) is 27.1 Å². The first-order chi connectivity index (χ1) is 8.91. The Morgan fingerprint density at radius 2 is 1.68 bits per heavy atom. The van der Waals surface area contributed by atoms with Crippen LogP contribution >= 0.6 is 38.5 Å². The van der Waals surface area contributed by atoms with Crippen LogP contribution in [0.15, 0.2) is 30.3 Å². The molecular weight excluding hydrogens is 425 g/mol. The predicted octanol–water partition coefficient (Wildman–Crippen LogP) is 5.67. The molecule has 0 bridgehead atoms. The zero-order valence-corrected chi connectivity index (χ0v) is 14.2. The van der Waals surface area contributed by atoms with Gasteiger partial charge >= 0.3 is 0 Å². The fourth-order valence-corrected chi connectivity index (χ4v) is 3.74. The molecule has 0 aliphatic rings. The molecule has 19 heavy (non-hydrogen) atoms. The Kier molecular flexibility index (Phi) is 4.61. The molecule has 1 unspecified atom stereocenters. The van der Waals surface area contributed by atoms with Crippen LogP contribution in [0.3, 0.4) is 0 Å². The average Bonchev–Trinajstić information content (AvgIpc) is 2.36. The summed E-state index contributed by atoms with van der Waals surface area (Å²) in [7, 11) is 0. The van der Waals surface area contributed by atoms with E-state index in [2.05, 4.69) is 38.5 Å². The molecule has 0 heterocycles. The molecule has 0 aromatic heterocycles. The summed E-state index contributed by atoms with van der Waals surface area (Å²) < 4.78 is 28.3. The summed E-state index contributed by atoms with van der Waals surface area (Å²) in [5.74, 6) is -1.04. The van der Waals surface area contributed by atoms with Crippen molar-refractivity contribution in [3.05, 3.63) is 67.8 Å². The lowest BCUT2D eigenvalue weighted by Crippen LogP contribution is -2.02. The van der Waals surface area contributed by atoms with E-state index in [9.17, 15) is 8.78 Å². The highest BCUT2D eigenvalue weighted by molar-refractivity contribution is 14.1. The SMILES string of the molecule is Cc1cc(C(Br)c2cccc(C)c2I)c(F)cc1F. The van der Waals surface area contributed by atoms with E-state index in [0.29, 0.717) is 11.1 Å². The van der Waals surface area contributed by atoms with E-state index < -0.39 is 11.6 Å². The third-order valence-electron chi connectivity index (χ3n) is 3.05. The summed E-state index contributed by atoms with van der Waals surface area (Å²) in [6.07, 6.45) is 0. The van der Waals surface area contributed by atoms with E-state index >= 15 is 0 Å². The van der Waals surface area contributed by atoms with Gasteiger partial charge in [-0.15, -0.1) is 0 Å². The molecule has 2 aromatic carbocycles. The van der Waals surface area contributed by atoms with E-state index in [-0.39, 0.29) is 4.83 Å². The van der Waals surface area contributed by atoms with Gasteiger partial charge in [0.1, 0.15) is 11.6 Å². The van der Waals surface area contributed by atoms with Crippen molar-refractivity contribution in [1.29, 1.82) is 0 Å². The summed E-state index contributed by atoms with van der Waals surface area (Å²) in [5.41, 5.74) is 3.04. The highest BCUT2D eigenvalue weighted by atomic mass is 127. The Balaban J connectivity index is 2.53. The summed E-state index contributed by atoms with van der Waals surface area (Å²) >= 11 is 5.77. The summed E-state index contributed by atoms with van der Waals surface area (Å²) in [4.78, 5) is -0.279. The first-order valence-electron chi connectivity index (χ1n) is 5.76. The predicted molar refractivity (Wildman–Crippen MR) is 85.8 cm³/mol. The first-order valence-corrected chi connectivity index (χ1v) is 7.76. The third kappa shape index (κ3) is 2.99. The number of aryl methyl sites for hydroxylation is 2. The van der Waals surface area contributed by atoms with Crippen LogP contribution in [0.5, 0.6) is 0 Å². The second-order valence-electron chi connectivity index (χ2n) is 4.46. The maximum absolute atomic E-state index is 13.9. The Morgan fingerprint density at radius 1 is 1.00 bits per heavy atom. The minimum Gasteiger partial charge on any atom is -0.207 e. The molecule has 0 saturated carbocycles. The quantitative estimate of drug-likeness (QED) is 0.420. The first kappa shape index (κ1) is 14.9. The number of rotatable bonds is 2. The number of halogens is 4. The molecule has 0 amide bonds. The van der Waals surface area contributed by atoms with Crippen LogP contribution in [0.4, 0.5) is 8.78 Å². The monoisotopic (exact) mass is 436 g/mol. The Bertz CT molecular complexity index is 626. The lowest BCUT2D eigenvalue weighted by Gasteiger charge is -2.16. The Morgan fingerprint density at radius 3 is 2.37 bits per heavy atom. The van der Waals surface area contributed by atoms with E-state index in [1.807, 2.05) is 25.1 Å². The highest BCUT2D eigenvalue weighted by Crippen LogP contribution is 2.36. The lowest BCUT2D eigenvalue weighted by atomic mass is 10.0. The van der Waals surface area contributed by atoms with Crippen molar-refractivity contribution in [3.8, 4) is 0 Å². The maximum atomic E-state index is 13.9. The van der Waals surface area contributed by atoms with Crippen molar-refractivity contribution in [3.63, 3.8) is 0 Å². The normalized spacial score (nSPS) is 12.5. The van der Waals surface area contributed by atoms with Gasteiger partial charge in [0.2, 0.25) is 0 Å². The molecule has 100 valence electrons. The number of alkyl halides is 1. The Hall–Kier alpha value is -0.490. The fraction of sp³-hybridized carbons (Fsp3) is 0.200. The minimum absolute atomic E-state index is 0.279. The lowest BCUT2D eigenvalue weighted by molar-refractivity contribution is 0.569. The standard InChI is InChI=1S/C15H12BrF2I/c1-8-4-3-5-10(15(8)19)14(16)11-6-9(2)12(17)7-13(11)18/h3-7,14H,1-2H3. The van der Waals surface area contributed by atoms with Gasteiger partial charge < -0.3 is 0 Å². The van der Waals surface area contributed by atoms with Crippen molar-refractivity contribution >= 4 is 38.5 Å². The van der Waals surface area contributed by atoms with E-state index in [1.165, 1.54) is 0 Å². The van der Waals surface area contributed by atoms with Crippen LogP contribution < -0.4 is 0 Å². The summed E-state index contributed by atoms with van der Waals surface area (Å²) in [5, 5.41) is 0. The molecule has 0 radical (unpaired) electrons. The molecule has 0 spiro atoms. The maximum Gasteiger partial charge on any atom is 0.130 e. The van der Waals surface area contributed by atoms with Gasteiger partial charge in [0.05, 0.1) is 4.83 Å². The van der Waals surface area contributed by atoms with Crippen LogP contribution in [0, 0.1) is 29.1 Å². The van der Waals surface area contributed by atoms with Crippen LogP contribution in [0.25, 0.3) is 0 Å². The van der Waals surface area contributed by atoms with E-state index in [4.69, 9.17) is 0 Å². The highest BCUT2D eigenvalue weighted by Gasteiger charge is 2.19. The summed E-state index contributed by atoms with van der Waals surface area (Å²) in [6.45, 7) is 3.65. The molecule has 1 atom stereocenters. The van der Waals surface area contributed by atoms with Gasteiger partial charge in [-0.1, -0.05) is 34.1 Å². The molecule has 0 nitrogen and oxygen atoms in total. The Labute approximate surface area is 133 Å². The molecule has 2 aromatic rings. The molecule has 2 rings (SSSR count). The van der Waals surface area contributed by atoms with Crippen LogP contribution in [-0.4, -0.2) is 0 Å². The van der Waals surface area contributed by atoms with Gasteiger partial charge in [-0.3, -0.25) is 0 Å². The van der Waals surface area contributed by atoms with Crippen molar-refractivity contribution in [2.75, 3.05) is 0 Å². The molecule has 0 aliphatic heterocycles. The summed E-state index contributed by atoms with van der Waals surface area (Å²) in [6, 6.07) is 8.41. The van der Waals surface area contributed by atoms with Crippen molar-refractivity contribution in [2.24, 2.45) is 0 Å². The topological polar surface area (TPSA) is 0 Å². The van der Waals surface area contributed by atoms with E-state index in [1.54, 1.807) is 13.0 Å². The zero-order valence-electron chi connectivity index (χ0n) is 10.5. The van der Waals surface area contributed by atoms with Crippen LogP contribution in [-0.2, 0) is 0 Å². The van der Waals surface area contributed by atoms with Crippen molar-refractivity contribution in [2.45, 2.75) is 18.7 Å². The van der Waals surface area contributed by atoms with Gasteiger partial charge in [-0.05, 0) is 59.2 Å². The molecule has 0 saturated heterocycles. The largest absolute Gasteiger partial charge is 0.207 e. The smallest absolute Gasteiger partial charge is 0.130 e. The van der Waals surface area contributed by atoms with Gasteiger partial charge in [-0.2, -0.15) is 0 Å². The fourth-order valence-electron chi connectivity index (χ4n) is 1.91. The molecular formula is C15H12BrF2I. The number of hydrogen-bond acceptors (Lipinski definition) is 0. The number of hydrogen-bond donors (Lipinski definition) is 0. The van der Waals surface area contributed by atoms with Crippen molar-refractivity contribution in [1.82, 2.24) is 0 Å². The molecule has 0 N–H and O–H groups in total. The van der Waals surface area contributed by atoms with Gasteiger partial charge in [0.15, 0.2) is 0 Å². The van der Waals surface area contributed by atoms with Gasteiger partial charge in [-0.25, -0.2) is 8.78 Å².